The maximum absolute atomic E-state index is 13.7. The second-order valence-electron chi connectivity index (χ2n) is 4.14. The predicted octanol–water partition coefficient (Wildman–Crippen LogP) is 2.05. The number of aromatic nitrogens is 2. The number of halogens is 3. The number of aliphatic hydroxyl groups excluding tert-OH is 1. The Kier molecular flexibility index (Phi) is 4.30. The molecule has 1 aromatic heterocycles. The van der Waals surface area contributed by atoms with Crippen LogP contribution in [0.15, 0.2) is 21.6 Å². The fourth-order valence-electron chi connectivity index (χ4n) is 1.63. The van der Waals surface area contributed by atoms with Gasteiger partial charge in [0.2, 0.25) is 5.03 Å². The van der Waals surface area contributed by atoms with Gasteiger partial charge in [-0.05, 0) is 28.9 Å². The molecule has 2 rings (SSSR count). The number of hydrogen-bond donors (Lipinski definition) is 3. The number of aliphatic hydroxyl groups is 1. The molecule has 0 saturated carbocycles. The molecule has 6 nitrogen and oxygen atoms in total. The molecule has 0 bridgehead atoms. The van der Waals surface area contributed by atoms with Crippen molar-refractivity contribution in [2.75, 3.05) is 4.72 Å². The van der Waals surface area contributed by atoms with Gasteiger partial charge in [-0.1, -0.05) is 0 Å². The monoisotopic (exact) mass is 381 g/mol. The summed E-state index contributed by atoms with van der Waals surface area (Å²) < 4.78 is 53.1. The molecule has 0 atom stereocenters. The zero-order valence-electron chi connectivity index (χ0n) is 10.6. The lowest BCUT2D eigenvalue weighted by molar-refractivity contribution is 0.277. The summed E-state index contributed by atoms with van der Waals surface area (Å²) in [6, 6.07) is 1.50. The smallest absolute Gasteiger partial charge is 0.281 e. The Labute approximate surface area is 127 Å². The molecule has 10 heteroatoms. The first kappa shape index (κ1) is 15.9. The van der Waals surface area contributed by atoms with Crippen LogP contribution in [0.2, 0.25) is 0 Å². The maximum atomic E-state index is 13.7. The van der Waals surface area contributed by atoms with Crippen molar-refractivity contribution in [1.82, 2.24) is 10.2 Å². The Morgan fingerprint density at radius 3 is 2.67 bits per heavy atom. The number of aryl methyl sites for hydroxylation is 1. The number of hydrogen-bond acceptors (Lipinski definition) is 4. The van der Waals surface area contributed by atoms with E-state index in [1.165, 1.54) is 6.92 Å². The van der Waals surface area contributed by atoms with E-state index < -0.39 is 39.0 Å². The van der Waals surface area contributed by atoms with E-state index in [1.54, 1.807) is 0 Å². The Balaban J connectivity index is 2.45. The Hall–Kier alpha value is -1.52. The second kappa shape index (κ2) is 5.70. The first-order chi connectivity index (χ1) is 9.76. The molecule has 1 heterocycles. The summed E-state index contributed by atoms with van der Waals surface area (Å²) in [5.74, 6) is -1.78. The number of benzene rings is 1. The summed E-state index contributed by atoms with van der Waals surface area (Å²) in [6.45, 7) is 0.965. The molecule has 0 amide bonds. The van der Waals surface area contributed by atoms with Crippen LogP contribution in [0.4, 0.5) is 14.5 Å². The maximum Gasteiger partial charge on any atom is 0.281 e. The summed E-state index contributed by atoms with van der Waals surface area (Å²) >= 11 is 2.79. The number of anilines is 1. The van der Waals surface area contributed by atoms with Gasteiger partial charge in [0.1, 0.15) is 11.6 Å². The van der Waals surface area contributed by atoms with Gasteiger partial charge in [-0.3, -0.25) is 9.82 Å². The molecule has 21 heavy (non-hydrogen) atoms. The van der Waals surface area contributed by atoms with E-state index in [-0.39, 0.29) is 10.0 Å². The molecule has 0 aliphatic rings. The topological polar surface area (TPSA) is 95.1 Å². The highest BCUT2D eigenvalue weighted by Crippen LogP contribution is 2.26. The number of sulfonamides is 1. The standard InChI is InChI=1S/C11H10BrF2N3O3S/c1-5-6(4-18)11(16-15-5)21(19,20)17-10-3-8(13)7(12)2-9(10)14/h2-3,17-18H,4H2,1H3,(H,15,16). The summed E-state index contributed by atoms with van der Waals surface area (Å²) in [5.41, 5.74) is -0.138. The molecular formula is C11H10BrF2N3O3S. The predicted molar refractivity (Wildman–Crippen MR) is 74.1 cm³/mol. The van der Waals surface area contributed by atoms with E-state index in [1.807, 2.05) is 4.72 Å². The van der Waals surface area contributed by atoms with E-state index in [0.717, 1.165) is 6.07 Å². The number of rotatable bonds is 4. The summed E-state index contributed by atoms with van der Waals surface area (Å²) in [6.07, 6.45) is 0. The lowest BCUT2D eigenvalue weighted by Crippen LogP contribution is -2.16. The quantitative estimate of drug-likeness (QED) is 0.706. The van der Waals surface area contributed by atoms with E-state index in [9.17, 15) is 17.2 Å². The Morgan fingerprint density at radius 1 is 1.38 bits per heavy atom. The first-order valence-electron chi connectivity index (χ1n) is 5.58. The Bertz CT molecular complexity index is 792. The fraction of sp³-hybridized carbons (Fsp3) is 0.182. The van der Waals surface area contributed by atoms with Gasteiger partial charge in [0.15, 0.2) is 0 Å². The highest BCUT2D eigenvalue weighted by molar-refractivity contribution is 9.10. The fourth-order valence-corrected chi connectivity index (χ4v) is 3.20. The van der Waals surface area contributed by atoms with Crippen LogP contribution in [0.1, 0.15) is 11.3 Å². The van der Waals surface area contributed by atoms with Crippen molar-refractivity contribution in [3.63, 3.8) is 0 Å². The molecule has 2 aromatic rings. The number of aromatic amines is 1. The largest absolute Gasteiger partial charge is 0.392 e. The Morgan fingerprint density at radius 2 is 2.05 bits per heavy atom. The summed E-state index contributed by atoms with van der Waals surface area (Å²) in [4.78, 5) is 0. The van der Waals surface area contributed by atoms with E-state index in [4.69, 9.17) is 5.11 Å². The highest BCUT2D eigenvalue weighted by Gasteiger charge is 2.25. The molecule has 0 radical (unpaired) electrons. The van der Waals surface area contributed by atoms with Crippen LogP contribution in [-0.4, -0.2) is 23.7 Å². The number of nitrogens with one attached hydrogen (secondary N) is 2. The minimum Gasteiger partial charge on any atom is -0.392 e. The average molecular weight is 382 g/mol. The third-order valence-electron chi connectivity index (χ3n) is 2.70. The van der Waals surface area contributed by atoms with Gasteiger partial charge < -0.3 is 5.11 Å². The van der Waals surface area contributed by atoms with Gasteiger partial charge in [-0.2, -0.15) is 13.5 Å². The number of H-pyrrole nitrogens is 1. The van der Waals surface area contributed by atoms with Crippen LogP contribution in [-0.2, 0) is 16.6 Å². The van der Waals surface area contributed by atoms with Crippen molar-refractivity contribution >= 4 is 31.6 Å². The molecule has 0 aliphatic heterocycles. The minimum absolute atomic E-state index is 0.0560. The lowest BCUT2D eigenvalue weighted by Gasteiger charge is -2.09. The van der Waals surface area contributed by atoms with Gasteiger partial charge in [0.25, 0.3) is 10.0 Å². The van der Waals surface area contributed by atoms with Crippen LogP contribution >= 0.6 is 15.9 Å². The molecule has 0 saturated heterocycles. The molecule has 114 valence electrons. The van der Waals surface area contributed by atoms with E-state index >= 15 is 0 Å². The van der Waals surface area contributed by atoms with Crippen molar-refractivity contribution in [2.24, 2.45) is 0 Å². The zero-order chi connectivity index (χ0) is 15.8. The average Bonchev–Trinajstić information content (AvgIpc) is 2.77. The minimum atomic E-state index is -4.26. The highest BCUT2D eigenvalue weighted by atomic mass is 79.9. The molecular weight excluding hydrogens is 372 g/mol. The molecule has 0 fully saturated rings. The van der Waals surface area contributed by atoms with Crippen molar-refractivity contribution in [3.8, 4) is 0 Å². The first-order valence-corrected chi connectivity index (χ1v) is 7.86. The third kappa shape index (κ3) is 3.06. The molecule has 3 N–H and O–H groups in total. The lowest BCUT2D eigenvalue weighted by atomic mass is 10.3. The van der Waals surface area contributed by atoms with Crippen LogP contribution in [0.5, 0.6) is 0 Å². The van der Waals surface area contributed by atoms with Gasteiger partial charge in [-0.15, -0.1) is 0 Å². The summed E-state index contributed by atoms with van der Waals surface area (Å²) in [7, 11) is -4.26. The molecule has 0 unspecified atom stereocenters. The second-order valence-corrected chi connectivity index (χ2v) is 6.59. The van der Waals surface area contributed by atoms with Crippen molar-refractivity contribution in [2.45, 2.75) is 18.6 Å². The van der Waals surface area contributed by atoms with Crippen LogP contribution in [0.3, 0.4) is 0 Å². The van der Waals surface area contributed by atoms with Gasteiger partial charge in [0.05, 0.1) is 16.8 Å². The van der Waals surface area contributed by atoms with Crippen molar-refractivity contribution in [3.05, 3.63) is 39.5 Å². The number of nitrogens with zero attached hydrogens (tertiary/aromatic N) is 1. The van der Waals surface area contributed by atoms with E-state index in [0.29, 0.717) is 11.8 Å². The molecule has 0 aliphatic carbocycles. The normalized spacial score (nSPS) is 11.7. The van der Waals surface area contributed by atoms with Crippen molar-refractivity contribution in [1.29, 1.82) is 0 Å². The van der Waals surface area contributed by atoms with Gasteiger partial charge in [-0.25, -0.2) is 8.78 Å². The third-order valence-corrected chi connectivity index (χ3v) is 4.65. The van der Waals surface area contributed by atoms with Crippen LogP contribution < -0.4 is 4.72 Å². The van der Waals surface area contributed by atoms with E-state index in [2.05, 4.69) is 26.1 Å². The molecule has 1 aromatic carbocycles. The van der Waals surface area contributed by atoms with Crippen LogP contribution in [0.25, 0.3) is 0 Å². The van der Waals surface area contributed by atoms with Crippen molar-refractivity contribution < 1.29 is 22.3 Å². The van der Waals surface area contributed by atoms with Crippen LogP contribution in [0, 0.1) is 18.6 Å². The van der Waals surface area contributed by atoms with Gasteiger partial charge >= 0.3 is 0 Å². The molecule has 0 spiro atoms. The SMILES string of the molecule is Cc1[nH]nc(S(=O)(=O)Nc2cc(F)c(Br)cc2F)c1CO. The zero-order valence-corrected chi connectivity index (χ0v) is 13.0. The van der Waals surface area contributed by atoms with Gasteiger partial charge in [0, 0.05) is 17.3 Å². The summed E-state index contributed by atoms with van der Waals surface area (Å²) in [5, 5.41) is 14.7.